The Hall–Kier alpha value is -2.28. The molecule has 1 saturated carbocycles. The first-order valence-corrected chi connectivity index (χ1v) is 7.06. The summed E-state index contributed by atoms with van der Waals surface area (Å²) in [5.41, 5.74) is 1.25. The van der Waals surface area contributed by atoms with Gasteiger partial charge in [-0.2, -0.15) is 0 Å². The smallest absolute Gasteiger partial charge is 0.251 e. The van der Waals surface area contributed by atoms with Crippen LogP contribution in [-0.4, -0.2) is 43.4 Å². The predicted octanol–water partition coefficient (Wildman–Crippen LogP) is 0.696. The number of benzene rings is 1. The third-order valence-electron chi connectivity index (χ3n) is 3.77. The van der Waals surface area contributed by atoms with Gasteiger partial charge < -0.3 is 10.4 Å². The van der Waals surface area contributed by atoms with Crippen LogP contribution in [0.1, 0.15) is 36.0 Å². The van der Waals surface area contributed by atoms with E-state index in [1.165, 1.54) is 11.0 Å². The van der Waals surface area contributed by atoms with E-state index in [-0.39, 0.29) is 11.9 Å². The molecule has 1 fully saturated rings. The van der Waals surface area contributed by atoms with Crippen molar-refractivity contribution in [3.05, 3.63) is 36.2 Å². The van der Waals surface area contributed by atoms with Crippen LogP contribution in [0.3, 0.4) is 0 Å². The second-order valence-corrected chi connectivity index (χ2v) is 5.24. The Morgan fingerprint density at radius 1 is 1.33 bits per heavy atom. The number of nitrogens with one attached hydrogen (secondary N) is 1. The summed E-state index contributed by atoms with van der Waals surface area (Å²) in [6, 6.07) is 6.90. The molecule has 2 unspecified atom stereocenters. The van der Waals surface area contributed by atoms with Gasteiger partial charge in [0.15, 0.2) is 0 Å². The highest BCUT2D eigenvalue weighted by Crippen LogP contribution is 2.19. The van der Waals surface area contributed by atoms with E-state index in [4.69, 9.17) is 0 Å². The Balaban J connectivity index is 1.74. The maximum atomic E-state index is 12.3. The SMILES string of the molecule is O=C(NC1CCCCC1O)c1cccc(-n2cnnn2)c1. The van der Waals surface area contributed by atoms with Crippen LogP contribution in [0.25, 0.3) is 5.69 Å². The molecule has 0 aliphatic heterocycles. The van der Waals surface area contributed by atoms with Crippen molar-refractivity contribution in [2.75, 3.05) is 0 Å². The average Bonchev–Trinajstić information content (AvgIpc) is 3.04. The van der Waals surface area contributed by atoms with Gasteiger partial charge in [0.2, 0.25) is 0 Å². The second kappa shape index (κ2) is 6.01. The molecular weight excluding hydrogens is 270 g/mol. The number of carbonyl (C=O) groups excluding carboxylic acids is 1. The zero-order valence-electron chi connectivity index (χ0n) is 11.5. The number of aliphatic hydroxyl groups is 1. The van der Waals surface area contributed by atoms with Gasteiger partial charge >= 0.3 is 0 Å². The lowest BCUT2D eigenvalue weighted by molar-refractivity contribution is 0.0717. The number of hydrogen-bond donors (Lipinski definition) is 2. The fourth-order valence-electron chi connectivity index (χ4n) is 2.60. The Morgan fingerprint density at radius 2 is 2.19 bits per heavy atom. The zero-order valence-corrected chi connectivity index (χ0v) is 11.5. The molecule has 0 spiro atoms. The molecule has 1 aromatic heterocycles. The monoisotopic (exact) mass is 287 g/mol. The summed E-state index contributed by atoms with van der Waals surface area (Å²) in [5, 5.41) is 23.8. The van der Waals surface area contributed by atoms with Crippen LogP contribution in [0.5, 0.6) is 0 Å². The topological polar surface area (TPSA) is 92.9 Å². The molecular formula is C14H17N5O2. The minimum absolute atomic E-state index is 0.164. The van der Waals surface area contributed by atoms with Crippen LogP contribution in [0.4, 0.5) is 0 Å². The van der Waals surface area contributed by atoms with Crippen molar-refractivity contribution in [3.63, 3.8) is 0 Å². The van der Waals surface area contributed by atoms with E-state index in [1.807, 2.05) is 6.07 Å². The first-order chi connectivity index (χ1) is 10.2. The Bertz CT molecular complexity index is 614. The number of amides is 1. The largest absolute Gasteiger partial charge is 0.391 e. The molecule has 1 heterocycles. The summed E-state index contributed by atoms with van der Waals surface area (Å²) in [5.74, 6) is -0.184. The molecule has 2 atom stereocenters. The molecule has 3 rings (SSSR count). The fraction of sp³-hybridized carbons (Fsp3) is 0.429. The molecule has 0 saturated heterocycles. The van der Waals surface area contributed by atoms with Gasteiger partial charge in [-0.1, -0.05) is 18.9 Å². The van der Waals surface area contributed by atoms with Crippen molar-refractivity contribution in [2.45, 2.75) is 37.8 Å². The standard InChI is InChI=1S/C14H17N5O2/c20-13-7-2-1-6-12(13)16-14(21)10-4-3-5-11(8-10)19-9-15-17-18-19/h3-5,8-9,12-13,20H,1-2,6-7H2,(H,16,21). The maximum absolute atomic E-state index is 12.3. The number of hydrogen-bond acceptors (Lipinski definition) is 5. The molecule has 2 aromatic rings. The van der Waals surface area contributed by atoms with Crippen molar-refractivity contribution in [1.29, 1.82) is 0 Å². The number of carbonyl (C=O) groups is 1. The van der Waals surface area contributed by atoms with E-state index in [1.54, 1.807) is 18.2 Å². The molecule has 1 aliphatic carbocycles. The Morgan fingerprint density at radius 3 is 2.95 bits per heavy atom. The van der Waals surface area contributed by atoms with Gasteiger partial charge in [-0.05, 0) is 41.5 Å². The van der Waals surface area contributed by atoms with Crippen LogP contribution in [-0.2, 0) is 0 Å². The van der Waals surface area contributed by atoms with E-state index >= 15 is 0 Å². The molecule has 1 aliphatic rings. The summed E-state index contributed by atoms with van der Waals surface area (Å²) < 4.78 is 1.49. The number of rotatable bonds is 3. The number of tetrazole rings is 1. The van der Waals surface area contributed by atoms with E-state index in [9.17, 15) is 9.90 Å². The van der Waals surface area contributed by atoms with Crippen LogP contribution in [0.2, 0.25) is 0 Å². The lowest BCUT2D eigenvalue weighted by Crippen LogP contribution is -2.45. The first kappa shape index (κ1) is 13.7. The minimum atomic E-state index is -0.453. The quantitative estimate of drug-likeness (QED) is 0.866. The molecule has 1 amide bonds. The zero-order chi connectivity index (χ0) is 14.7. The van der Waals surface area contributed by atoms with E-state index in [0.717, 1.165) is 31.4 Å². The highest BCUT2D eigenvalue weighted by Gasteiger charge is 2.24. The van der Waals surface area contributed by atoms with Gasteiger partial charge in [0.25, 0.3) is 5.91 Å². The van der Waals surface area contributed by atoms with E-state index in [2.05, 4.69) is 20.8 Å². The molecule has 2 N–H and O–H groups in total. The highest BCUT2D eigenvalue weighted by molar-refractivity contribution is 5.94. The predicted molar refractivity (Wildman–Crippen MR) is 74.9 cm³/mol. The third kappa shape index (κ3) is 3.08. The van der Waals surface area contributed by atoms with Crippen molar-refractivity contribution in [3.8, 4) is 5.69 Å². The van der Waals surface area contributed by atoms with Gasteiger partial charge in [0.05, 0.1) is 17.8 Å². The van der Waals surface area contributed by atoms with Gasteiger partial charge in [0.1, 0.15) is 6.33 Å². The highest BCUT2D eigenvalue weighted by atomic mass is 16.3. The average molecular weight is 287 g/mol. The fourth-order valence-corrected chi connectivity index (χ4v) is 2.60. The van der Waals surface area contributed by atoms with Crippen molar-refractivity contribution in [2.24, 2.45) is 0 Å². The first-order valence-electron chi connectivity index (χ1n) is 7.06. The van der Waals surface area contributed by atoms with Crippen LogP contribution in [0.15, 0.2) is 30.6 Å². The van der Waals surface area contributed by atoms with Crippen LogP contribution < -0.4 is 5.32 Å². The van der Waals surface area contributed by atoms with Gasteiger partial charge in [-0.15, -0.1) is 5.10 Å². The van der Waals surface area contributed by atoms with Crippen molar-refractivity contribution in [1.82, 2.24) is 25.5 Å². The van der Waals surface area contributed by atoms with Gasteiger partial charge in [0, 0.05) is 5.56 Å². The van der Waals surface area contributed by atoms with Crippen molar-refractivity contribution >= 4 is 5.91 Å². The van der Waals surface area contributed by atoms with Crippen LogP contribution >= 0.6 is 0 Å². The van der Waals surface area contributed by atoms with Crippen molar-refractivity contribution < 1.29 is 9.90 Å². The summed E-state index contributed by atoms with van der Waals surface area (Å²) in [6.07, 6.45) is 4.64. The number of nitrogens with zero attached hydrogens (tertiary/aromatic N) is 4. The van der Waals surface area contributed by atoms with Gasteiger partial charge in [-0.3, -0.25) is 4.79 Å². The van der Waals surface area contributed by atoms with Crippen LogP contribution in [0, 0.1) is 0 Å². The Labute approximate surface area is 122 Å². The van der Waals surface area contributed by atoms with Gasteiger partial charge in [-0.25, -0.2) is 4.68 Å². The Kier molecular flexibility index (Phi) is 3.92. The normalized spacial score (nSPS) is 22.0. The lowest BCUT2D eigenvalue weighted by atomic mass is 9.92. The third-order valence-corrected chi connectivity index (χ3v) is 3.77. The summed E-state index contributed by atoms with van der Waals surface area (Å²) in [6.45, 7) is 0. The summed E-state index contributed by atoms with van der Waals surface area (Å²) in [4.78, 5) is 12.3. The van der Waals surface area contributed by atoms with E-state index < -0.39 is 6.10 Å². The molecule has 110 valence electrons. The number of aromatic nitrogens is 4. The number of aliphatic hydroxyl groups excluding tert-OH is 1. The molecule has 7 heteroatoms. The molecule has 0 radical (unpaired) electrons. The molecule has 1 aromatic carbocycles. The minimum Gasteiger partial charge on any atom is -0.391 e. The second-order valence-electron chi connectivity index (χ2n) is 5.24. The lowest BCUT2D eigenvalue weighted by Gasteiger charge is -2.28. The van der Waals surface area contributed by atoms with E-state index in [0.29, 0.717) is 5.56 Å². The summed E-state index contributed by atoms with van der Waals surface area (Å²) in [7, 11) is 0. The molecule has 7 nitrogen and oxygen atoms in total. The molecule has 21 heavy (non-hydrogen) atoms. The molecule has 0 bridgehead atoms. The summed E-state index contributed by atoms with van der Waals surface area (Å²) >= 11 is 0. The maximum Gasteiger partial charge on any atom is 0.251 e.